The normalized spacial score (nSPS) is 12.2. The maximum absolute atomic E-state index is 12.0. The second-order valence-electron chi connectivity index (χ2n) is 5.88. The number of carbonyl (C=O) groups excluding carboxylic acids is 1. The molecule has 4 heterocycles. The number of hydrogen-bond acceptors (Lipinski definition) is 4. The number of benzene rings is 1. The molecular formula is C16H13N6O2+. The highest BCUT2D eigenvalue weighted by atomic mass is 16.3. The molecule has 5 N–H and O–H groups in total. The standard InChI is InChI=1S/C16H12N6O2/c1-7-10(23)3-2-9-12(7)22-13-8(11(14(22)17)15(18)24)4-5-21-16(13)20(9)6-19-21/h2-6,17H,1H3,(H3,18,23,24)/p+1. The van der Waals surface area contributed by atoms with Crippen LogP contribution in [0, 0.1) is 6.92 Å². The fourth-order valence-corrected chi connectivity index (χ4v) is 3.62. The van der Waals surface area contributed by atoms with E-state index in [9.17, 15) is 9.90 Å². The van der Waals surface area contributed by atoms with Crippen LogP contribution in [-0.4, -0.2) is 25.0 Å². The lowest BCUT2D eigenvalue weighted by Gasteiger charge is -2.08. The van der Waals surface area contributed by atoms with E-state index >= 15 is 0 Å². The van der Waals surface area contributed by atoms with Crippen molar-refractivity contribution in [3.05, 3.63) is 41.9 Å². The van der Waals surface area contributed by atoms with Gasteiger partial charge in [0.25, 0.3) is 11.7 Å². The van der Waals surface area contributed by atoms with Crippen LogP contribution in [0.25, 0.3) is 27.6 Å². The van der Waals surface area contributed by atoms with Crippen LogP contribution in [0.4, 0.5) is 5.82 Å². The van der Waals surface area contributed by atoms with Gasteiger partial charge < -0.3 is 10.8 Å². The van der Waals surface area contributed by atoms with Crippen LogP contribution in [0.3, 0.4) is 0 Å². The van der Waals surface area contributed by atoms with E-state index in [1.165, 1.54) is 0 Å². The molecule has 0 aliphatic carbocycles. The van der Waals surface area contributed by atoms with Crippen molar-refractivity contribution in [3.8, 4) is 5.75 Å². The molecule has 5 aromatic rings. The summed E-state index contributed by atoms with van der Waals surface area (Å²) in [6.45, 7) is 1.80. The molecule has 0 aliphatic heterocycles. The largest absolute Gasteiger partial charge is 0.508 e. The number of nitrogen functional groups attached to an aromatic ring is 1. The minimum Gasteiger partial charge on any atom is -0.508 e. The zero-order valence-electron chi connectivity index (χ0n) is 12.7. The van der Waals surface area contributed by atoms with Crippen LogP contribution in [0.2, 0.25) is 0 Å². The zero-order valence-corrected chi connectivity index (χ0v) is 12.7. The minimum atomic E-state index is -0.590. The average molecular weight is 321 g/mol. The summed E-state index contributed by atoms with van der Waals surface area (Å²) >= 11 is 0. The number of aromatic nitrogens is 4. The van der Waals surface area contributed by atoms with Crippen LogP contribution in [0.15, 0.2) is 30.7 Å². The van der Waals surface area contributed by atoms with E-state index < -0.39 is 5.91 Å². The van der Waals surface area contributed by atoms with Crippen LogP contribution in [0.1, 0.15) is 15.9 Å². The summed E-state index contributed by atoms with van der Waals surface area (Å²) in [4.78, 5) is 12.0. The van der Waals surface area contributed by atoms with Gasteiger partial charge in [-0.25, -0.2) is 4.52 Å². The lowest BCUT2D eigenvalue weighted by Crippen LogP contribution is -2.28. The number of phenolic OH excluding ortho intramolecular Hbond substituents is 1. The lowest BCUT2D eigenvalue weighted by atomic mass is 10.1. The SMILES string of the molecule is Cc1c(O)ccc2c1[n+]1c(N)c(C(N)=O)c3ccn4ncn2c4c31. The van der Waals surface area contributed by atoms with Crippen molar-refractivity contribution in [1.82, 2.24) is 14.0 Å². The smallest absolute Gasteiger partial charge is 0.292 e. The molecule has 0 atom stereocenters. The van der Waals surface area contributed by atoms with Gasteiger partial charge in [0.05, 0.1) is 5.52 Å². The molecule has 0 fully saturated rings. The second kappa shape index (κ2) is 3.85. The van der Waals surface area contributed by atoms with Gasteiger partial charge in [0.2, 0.25) is 0 Å². The Morgan fingerprint density at radius 1 is 1.29 bits per heavy atom. The van der Waals surface area contributed by atoms with Gasteiger partial charge in [-0.3, -0.25) is 14.9 Å². The zero-order chi connectivity index (χ0) is 16.7. The number of phenols is 1. The second-order valence-corrected chi connectivity index (χ2v) is 5.88. The summed E-state index contributed by atoms with van der Waals surface area (Å²) < 4.78 is 5.40. The Labute approximate surface area is 134 Å². The first-order chi connectivity index (χ1) is 11.5. The van der Waals surface area contributed by atoms with Gasteiger partial charge >= 0.3 is 0 Å². The van der Waals surface area contributed by atoms with E-state index in [-0.39, 0.29) is 17.1 Å². The number of rotatable bonds is 1. The molecule has 0 bridgehead atoms. The molecule has 0 radical (unpaired) electrons. The van der Waals surface area contributed by atoms with Gasteiger partial charge in [-0.15, -0.1) is 0 Å². The quantitative estimate of drug-likeness (QED) is 0.310. The number of amides is 1. The molecule has 24 heavy (non-hydrogen) atoms. The Bertz CT molecular complexity index is 1310. The molecule has 8 nitrogen and oxygen atoms in total. The number of hydrogen-bond donors (Lipinski definition) is 3. The topological polar surface area (TPSA) is 115 Å². The number of aromatic hydroxyl groups is 1. The average Bonchev–Trinajstić information content (AvgIpc) is 3.09. The first-order valence-corrected chi connectivity index (χ1v) is 7.35. The number of pyridine rings is 1. The van der Waals surface area contributed by atoms with E-state index in [1.807, 2.05) is 4.40 Å². The van der Waals surface area contributed by atoms with Crippen molar-refractivity contribution < 1.29 is 14.3 Å². The van der Waals surface area contributed by atoms with Gasteiger partial charge in [-0.1, -0.05) is 0 Å². The van der Waals surface area contributed by atoms with Gasteiger partial charge in [0.15, 0.2) is 16.7 Å². The van der Waals surface area contributed by atoms with Gasteiger partial charge in [0, 0.05) is 17.1 Å². The summed E-state index contributed by atoms with van der Waals surface area (Å²) in [5.74, 6) is -0.181. The maximum atomic E-state index is 12.0. The first-order valence-electron chi connectivity index (χ1n) is 7.35. The van der Waals surface area contributed by atoms with Crippen LogP contribution in [-0.2, 0) is 0 Å². The number of aryl methyl sites for hydroxylation is 1. The van der Waals surface area contributed by atoms with E-state index in [0.717, 1.165) is 16.7 Å². The number of primary amides is 1. The third-order valence-corrected chi connectivity index (χ3v) is 4.69. The number of nitrogens with zero attached hydrogens (tertiary/aromatic N) is 4. The van der Waals surface area contributed by atoms with Crippen molar-refractivity contribution in [2.45, 2.75) is 6.92 Å². The predicted molar refractivity (Wildman–Crippen MR) is 87.3 cm³/mol. The Hall–Kier alpha value is -3.55. The molecule has 0 unspecified atom stereocenters. The molecule has 0 aliphatic rings. The Kier molecular flexibility index (Phi) is 2.08. The van der Waals surface area contributed by atoms with Crippen molar-refractivity contribution in [1.29, 1.82) is 0 Å². The fraction of sp³-hybridized carbons (Fsp3) is 0.0625. The summed E-state index contributed by atoms with van der Waals surface area (Å²) in [6.07, 6.45) is 3.46. The molecule has 0 saturated heterocycles. The molecule has 0 saturated carbocycles. The fourth-order valence-electron chi connectivity index (χ4n) is 3.62. The maximum Gasteiger partial charge on any atom is 0.292 e. The van der Waals surface area contributed by atoms with Crippen molar-refractivity contribution in [3.63, 3.8) is 0 Å². The summed E-state index contributed by atoms with van der Waals surface area (Å²) in [5.41, 5.74) is 15.8. The van der Waals surface area contributed by atoms with Crippen molar-refractivity contribution >= 4 is 39.3 Å². The monoisotopic (exact) mass is 321 g/mol. The molecule has 8 heteroatoms. The van der Waals surface area contributed by atoms with Gasteiger partial charge in [0.1, 0.15) is 17.6 Å². The summed E-state index contributed by atoms with van der Waals surface area (Å²) in [5, 5.41) is 15.2. The van der Waals surface area contributed by atoms with Crippen molar-refractivity contribution in [2.75, 3.05) is 5.73 Å². The van der Waals surface area contributed by atoms with Crippen LogP contribution < -0.4 is 15.9 Å². The number of fused-ring (bicyclic) bond motifs is 3. The third-order valence-electron chi connectivity index (χ3n) is 4.69. The minimum absolute atomic E-state index is 0.152. The number of carbonyl (C=O) groups is 1. The van der Waals surface area contributed by atoms with Gasteiger partial charge in [-0.2, -0.15) is 9.50 Å². The Morgan fingerprint density at radius 3 is 2.83 bits per heavy atom. The molecule has 1 aromatic carbocycles. The van der Waals surface area contributed by atoms with Gasteiger partial charge in [-0.05, 0) is 25.1 Å². The summed E-state index contributed by atoms with van der Waals surface area (Å²) in [7, 11) is 0. The Balaban J connectivity index is 2.28. The molecule has 4 aromatic heterocycles. The molecule has 118 valence electrons. The Morgan fingerprint density at radius 2 is 2.08 bits per heavy atom. The lowest BCUT2D eigenvalue weighted by molar-refractivity contribution is -0.461. The third kappa shape index (κ3) is 1.23. The van der Waals surface area contributed by atoms with Crippen LogP contribution >= 0.6 is 0 Å². The highest BCUT2D eigenvalue weighted by Crippen LogP contribution is 2.32. The molecular weight excluding hydrogens is 308 g/mol. The highest BCUT2D eigenvalue weighted by Gasteiger charge is 2.30. The van der Waals surface area contributed by atoms with E-state index in [2.05, 4.69) is 5.10 Å². The summed E-state index contributed by atoms with van der Waals surface area (Å²) in [6, 6.07) is 5.20. The molecule has 0 spiro atoms. The molecule has 1 amide bonds. The number of nitrogens with two attached hydrogens (primary N) is 2. The van der Waals surface area contributed by atoms with E-state index in [4.69, 9.17) is 11.5 Å². The van der Waals surface area contributed by atoms with Crippen molar-refractivity contribution in [2.24, 2.45) is 5.73 Å². The first kappa shape index (κ1) is 12.9. The number of anilines is 1. The van der Waals surface area contributed by atoms with Crippen LogP contribution in [0.5, 0.6) is 5.75 Å². The van der Waals surface area contributed by atoms with E-state index in [0.29, 0.717) is 16.5 Å². The van der Waals surface area contributed by atoms with E-state index in [1.54, 1.807) is 46.6 Å². The molecule has 5 rings (SSSR count). The predicted octanol–water partition coefficient (Wildman–Crippen LogP) is 0.612. The highest BCUT2D eigenvalue weighted by molar-refractivity contribution is 6.12.